The smallest absolute Gasteiger partial charge is 0.274 e. The van der Waals surface area contributed by atoms with Crippen molar-refractivity contribution in [2.24, 2.45) is 0 Å². The van der Waals surface area contributed by atoms with Crippen LogP contribution in [0.2, 0.25) is 0 Å². The molecule has 0 unspecified atom stereocenters. The molecule has 0 bridgehead atoms. The van der Waals surface area contributed by atoms with Crippen LogP contribution >= 0.6 is 11.3 Å². The highest BCUT2D eigenvalue weighted by atomic mass is 32.2. The van der Waals surface area contributed by atoms with Gasteiger partial charge in [0.25, 0.3) is 10.0 Å². The molecular formula is C25H28N2O4S2. The summed E-state index contributed by atoms with van der Waals surface area (Å²) >= 11 is 1.15. The van der Waals surface area contributed by atoms with Gasteiger partial charge in [0.2, 0.25) is 5.91 Å². The van der Waals surface area contributed by atoms with Crippen molar-refractivity contribution in [1.29, 1.82) is 0 Å². The molecule has 0 aliphatic heterocycles. The Morgan fingerprint density at radius 3 is 2.58 bits per heavy atom. The van der Waals surface area contributed by atoms with Gasteiger partial charge in [-0.05, 0) is 55.3 Å². The van der Waals surface area contributed by atoms with E-state index in [1.807, 2.05) is 56.3 Å². The zero-order valence-electron chi connectivity index (χ0n) is 19.0. The Balaban J connectivity index is 2.03. The lowest BCUT2D eigenvalue weighted by Gasteiger charge is -2.25. The number of hydrogen-bond acceptors (Lipinski definition) is 5. The molecule has 0 radical (unpaired) electrons. The molecule has 174 valence electrons. The van der Waals surface area contributed by atoms with Gasteiger partial charge in [0.15, 0.2) is 0 Å². The van der Waals surface area contributed by atoms with Crippen molar-refractivity contribution in [1.82, 2.24) is 5.32 Å². The van der Waals surface area contributed by atoms with E-state index in [4.69, 9.17) is 4.74 Å². The number of carbonyl (C=O) groups is 1. The molecule has 6 nitrogen and oxygen atoms in total. The van der Waals surface area contributed by atoms with E-state index >= 15 is 0 Å². The Labute approximate surface area is 199 Å². The van der Waals surface area contributed by atoms with E-state index in [0.717, 1.165) is 32.9 Å². The third kappa shape index (κ3) is 6.03. The third-order valence-electron chi connectivity index (χ3n) is 5.11. The average Bonchev–Trinajstić information content (AvgIpc) is 3.27. The summed E-state index contributed by atoms with van der Waals surface area (Å²) < 4.78 is 35.0. The molecule has 0 aliphatic rings. The number of para-hydroxylation sites is 1. The van der Waals surface area contributed by atoms with Gasteiger partial charge >= 0.3 is 0 Å². The van der Waals surface area contributed by atoms with E-state index < -0.39 is 10.0 Å². The Morgan fingerprint density at radius 1 is 1.12 bits per heavy atom. The number of anilines is 1. The van der Waals surface area contributed by atoms with Crippen LogP contribution in [0.1, 0.15) is 28.5 Å². The molecule has 0 atom stereocenters. The first-order valence-electron chi connectivity index (χ1n) is 10.5. The number of rotatable bonds is 10. The first kappa shape index (κ1) is 24.5. The lowest BCUT2D eigenvalue weighted by molar-refractivity contribution is -0.119. The normalized spacial score (nSPS) is 11.1. The number of carbonyl (C=O) groups excluding carboxylic acids is 1. The lowest BCUT2D eigenvalue weighted by atomic mass is 10.1. The fraction of sp³-hybridized carbons (Fsp3) is 0.240. The maximum absolute atomic E-state index is 13.8. The molecule has 0 fully saturated rings. The van der Waals surface area contributed by atoms with Gasteiger partial charge < -0.3 is 10.1 Å². The number of sulfonamides is 1. The summed E-state index contributed by atoms with van der Waals surface area (Å²) in [5.41, 5.74) is 3.41. The monoisotopic (exact) mass is 484 g/mol. The maximum atomic E-state index is 13.8. The molecule has 3 rings (SSSR count). The molecule has 1 aromatic heterocycles. The van der Waals surface area contributed by atoms with Crippen LogP contribution in [-0.2, 0) is 27.9 Å². The van der Waals surface area contributed by atoms with Crippen LogP contribution in [0.3, 0.4) is 0 Å². The van der Waals surface area contributed by atoms with Gasteiger partial charge in [-0.1, -0.05) is 36.9 Å². The molecule has 1 amide bonds. The van der Waals surface area contributed by atoms with Gasteiger partial charge in [-0.2, -0.15) is 0 Å². The summed E-state index contributed by atoms with van der Waals surface area (Å²) in [7, 11) is -3.87. The average molecular weight is 485 g/mol. The minimum atomic E-state index is -3.87. The van der Waals surface area contributed by atoms with Crippen LogP contribution in [0, 0.1) is 13.8 Å². The van der Waals surface area contributed by atoms with Crippen LogP contribution in [0.4, 0.5) is 5.69 Å². The van der Waals surface area contributed by atoms with Gasteiger partial charge in [-0.25, -0.2) is 8.42 Å². The molecule has 1 N–H and O–H groups in total. The Morgan fingerprint density at radius 2 is 1.88 bits per heavy atom. The van der Waals surface area contributed by atoms with Crippen molar-refractivity contribution in [3.8, 4) is 5.75 Å². The fourth-order valence-corrected chi connectivity index (χ4v) is 6.03. The quantitative estimate of drug-likeness (QED) is 0.413. The molecular weight excluding hydrogens is 456 g/mol. The zero-order valence-corrected chi connectivity index (χ0v) is 20.6. The molecule has 2 aromatic carbocycles. The fourth-order valence-electron chi connectivity index (χ4n) is 3.19. The summed E-state index contributed by atoms with van der Waals surface area (Å²) in [6.45, 7) is 9.78. The minimum Gasteiger partial charge on any atom is -0.489 e. The second-order valence-corrected chi connectivity index (χ2v) is 10.9. The first-order chi connectivity index (χ1) is 15.7. The van der Waals surface area contributed by atoms with E-state index in [9.17, 15) is 13.2 Å². The van der Waals surface area contributed by atoms with Gasteiger partial charge in [0.05, 0.1) is 18.8 Å². The second kappa shape index (κ2) is 10.7. The summed E-state index contributed by atoms with van der Waals surface area (Å²) in [6, 6.07) is 16.3. The summed E-state index contributed by atoms with van der Waals surface area (Å²) in [4.78, 5) is 12.0. The van der Waals surface area contributed by atoms with Crippen molar-refractivity contribution in [2.45, 2.75) is 38.1 Å². The number of amides is 1. The Kier molecular flexibility index (Phi) is 7.94. The van der Waals surface area contributed by atoms with Gasteiger partial charge in [0, 0.05) is 17.4 Å². The molecule has 0 aliphatic carbocycles. The molecule has 0 saturated heterocycles. The third-order valence-corrected chi connectivity index (χ3v) is 8.44. The number of benzene rings is 2. The standard InChI is InChI=1S/C25H28N2O4S2/c1-5-14-31-24-9-7-6-8-21(24)17-27(22-11-10-18(2)19(3)15-22)33(29,30)25-13-12-23(32-25)16-26-20(4)28/h5-13,15H,1,14,16-17H2,2-4H3,(H,26,28). The van der Waals surface area contributed by atoms with Crippen molar-refractivity contribution in [2.75, 3.05) is 10.9 Å². The highest BCUT2D eigenvalue weighted by Crippen LogP contribution is 2.33. The van der Waals surface area contributed by atoms with E-state index in [1.54, 1.807) is 18.2 Å². The number of hydrogen-bond donors (Lipinski definition) is 1. The highest BCUT2D eigenvalue weighted by Gasteiger charge is 2.28. The number of aryl methyl sites for hydroxylation is 2. The zero-order chi connectivity index (χ0) is 24.0. The van der Waals surface area contributed by atoms with E-state index in [1.165, 1.54) is 11.2 Å². The largest absolute Gasteiger partial charge is 0.489 e. The van der Waals surface area contributed by atoms with Gasteiger partial charge in [-0.15, -0.1) is 11.3 Å². The van der Waals surface area contributed by atoms with Crippen molar-refractivity contribution < 1.29 is 17.9 Å². The summed E-state index contributed by atoms with van der Waals surface area (Å²) in [5.74, 6) is 0.444. The van der Waals surface area contributed by atoms with Crippen LogP contribution in [-0.4, -0.2) is 20.9 Å². The molecule has 1 heterocycles. The Hall–Kier alpha value is -3.10. The van der Waals surface area contributed by atoms with Gasteiger partial charge in [-0.3, -0.25) is 9.10 Å². The minimum absolute atomic E-state index is 0.108. The second-order valence-electron chi connectivity index (χ2n) is 7.62. The number of nitrogens with zero attached hydrogens (tertiary/aromatic N) is 1. The van der Waals surface area contributed by atoms with E-state index in [-0.39, 0.29) is 23.2 Å². The van der Waals surface area contributed by atoms with Crippen LogP contribution in [0.15, 0.2) is 71.5 Å². The van der Waals surface area contributed by atoms with Crippen molar-refractivity contribution in [3.05, 3.63) is 88.8 Å². The highest BCUT2D eigenvalue weighted by molar-refractivity contribution is 7.94. The van der Waals surface area contributed by atoms with Crippen LogP contribution in [0.5, 0.6) is 5.75 Å². The van der Waals surface area contributed by atoms with Crippen LogP contribution in [0.25, 0.3) is 0 Å². The van der Waals surface area contributed by atoms with Crippen molar-refractivity contribution >= 4 is 33.0 Å². The van der Waals surface area contributed by atoms with Crippen molar-refractivity contribution in [3.63, 3.8) is 0 Å². The number of nitrogens with one attached hydrogen (secondary N) is 1. The predicted octanol–water partition coefficient (Wildman–Crippen LogP) is 4.96. The van der Waals surface area contributed by atoms with Crippen LogP contribution < -0.4 is 14.4 Å². The molecule has 33 heavy (non-hydrogen) atoms. The Bertz CT molecular complexity index is 1250. The van der Waals surface area contributed by atoms with E-state index in [0.29, 0.717) is 18.0 Å². The van der Waals surface area contributed by atoms with Gasteiger partial charge in [0.1, 0.15) is 16.6 Å². The van der Waals surface area contributed by atoms with E-state index in [2.05, 4.69) is 11.9 Å². The predicted molar refractivity (Wildman–Crippen MR) is 133 cm³/mol. The first-order valence-corrected chi connectivity index (χ1v) is 12.7. The summed E-state index contributed by atoms with van der Waals surface area (Å²) in [6.07, 6.45) is 1.65. The summed E-state index contributed by atoms with van der Waals surface area (Å²) in [5, 5.41) is 2.71. The SMILES string of the molecule is C=CCOc1ccccc1CN(c1ccc(C)c(C)c1)S(=O)(=O)c1ccc(CNC(C)=O)s1. The molecule has 8 heteroatoms. The topological polar surface area (TPSA) is 75.7 Å². The molecule has 0 spiro atoms. The molecule has 0 saturated carbocycles. The maximum Gasteiger partial charge on any atom is 0.274 e. The number of thiophene rings is 1. The lowest BCUT2D eigenvalue weighted by Crippen LogP contribution is -2.30. The number of ether oxygens (including phenoxy) is 1. The molecule has 3 aromatic rings.